The van der Waals surface area contributed by atoms with Crippen LogP contribution in [-0.4, -0.2) is 25.4 Å². The largest absolute Gasteiger partial charge is 0.381 e. The predicted molar refractivity (Wildman–Crippen MR) is 51.7 cm³/mol. The lowest BCUT2D eigenvalue weighted by molar-refractivity contribution is -0.0935. The van der Waals surface area contributed by atoms with Crippen LogP contribution < -0.4 is 0 Å². The lowest BCUT2D eigenvalue weighted by Gasteiger charge is -2.34. The second-order valence-electron chi connectivity index (χ2n) is 4.65. The van der Waals surface area contributed by atoms with Crippen molar-refractivity contribution in [2.75, 3.05) is 13.2 Å². The Morgan fingerprint density at radius 2 is 2.00 bits per heavy atom. The summed E-state index contributed by atoms with van der Waals surface area (Å²) in [5, 5.41) is 0. The van der Waals surface area contributed by atoms with Crippen LogP contribution in [-0.2, 0) is 9.47 Å². The van der Waals surface area contributed by atoms with E-state index in [1.807, 2.05) is 0 Å². The Bertz CT molecular complexity index is 163. The summed E-state index contributed by atoms with van der Waals surface area (Å²) < 4.78 is 11.5. The van der Waals surface area contributed by atoms with E-state index in [1.165, 1.54) is 12.8 Å². The van der Waals surface area contributed by atoms with Gasteiger partial charge in [0.15, 0.2) is 0 Å². The first kappa shape index (κ1) is 9.47. The standard InChI is InChI=1S/C11H20O2/c1-8(2)10-7-12-6-5-11(10)13-9-3-4-9/h8-11H,3-7H2,1-2H3/t10-,11-/m0/s1. The summed E-state index contributed by atoms with van der Waals surface area (Å²) in [4.78, 5) is 0. The minimum atomic E-state index is 0.473. The molecule has 0 aromatic carbocycles. The zero-order chi connectivity index (χ0) is 9.26. The van der Waals surface area contributed by atoms with Crippen molar-refractivity contribution in [3.05, 3.63) is 0 Å². The van der Waals surface area contributed by atoms with Crippen molar-refractivity contribution in [3.63, 3.8) is 0 Å². The Kier molecular flexibility index (Phi) is 2.89. The molecule has 76 valence electrons. The first-order valence-electron chi connectivity index (χ1n) is 5.50. The lowest BCUT2D eigenvalue weighted by atomic mass is 9.88. The van der Waals surface area contributed by atoms with Gasteiger partial charge in [0, 0.05) is 12.5 Å². The van der Waals surface area contributed by atoms with Crippen molar-refractivity contribution in [2.24, 2.45) is 11.8 Å². The van der Waals surface area contributed by atoms with Crippen LogP contribution in [0.15, 0.2) is 0 Å². The van der Waals surface area contributed by atoms with Gasteiger partial charge in [-0.05, 0) is 25.2 Å². The van der Waals surface area contributed by atoms with Gasteiger partial charge in [0.1, 0.15) is 0 Å². The van der Waals surface area contributed by atoms with Crippen LogP contribution in [0.1, 0.15) is 33.1 Å². The molecule has 1 saturated carbocycles. The van der Waals surface area contributed by atoms with Crippen molar-refractivity contribution in [2.45, 2.75) is 45.3 Å². The molecule has 1 aliphatic carbocycles. The van der Waals surface area contributed by atoms with Crippen molar-refractivity contribution in [3.8, 4) is 0 Å². The maximum absolute atomic E-state index is 6.00. The molecule has 0 aromatic rings. The second-order valence-corrected chi connectivity index (χ2v) is 4.65. The number of hydrogen-bond acceptors (Lipinski definition) is 2. The SMILES string of the molecule is CC(C)[C@@H]1COCC[C@@H]1OC1CC1. The van der Waals surface area contributed by atoms with Crippen LogP contribution in [0.2, 0.25) is 0 Å². The van der Waals surface area contributed by atoms with Gasteiger partial charge in [0.2, 0.25) is 0 Å². The van der Waals surface area contributed by atoms with Crippen LogP contribution in [0.5, 0.6) is 0 Å². The van der Waals surface area contributed by atoms with E-state index >= 15 is 0 Å². The molecule has 0 spiro atoms. The third kappa shape index (κ3) is 2.44. The molecule has 0 unspecified atom stereocenters. The zero-order valence-electron chi connectivity index (χ0n) is 8.66. The summed E-state index contributed by atoms with van der Waals surface area (Å²) in [5.74, 6) is 1.30. The summed E-state index contributed by atoms with van der Waals surface area (Å²) in [6.45, 7) is 6.32. The lowest BCUT2D eigenvalue weighted by Crippen LogP contribution is -2.37. The molecule has 0 N–H and O–H groups in total. The molecule has 1 saturated heterocycles. The summed E-state index contributed by atoms with van der Waals surface area (Å²) in [7, 11) is 0. The minimum absolute atomic E-state index is 0.473. The normalized spacial score (nSPS) is 35.3. The first-order chi connectivity index (χ1) is 6.27. The number of ether oxygens (including phenoxy) is 2. The molecule has 2 aliphatic rings. The van der Waals surface area contributed by atoms with Gasteiger partial charge in [0.05, 0.1) is 18.8 Å². The molecule has 2 heteroatoms. The Morgan fingerprint density at radius 3 is 2.62 bits per heavy atom. The van der Waals surface area contributed by atoms with Gasteiger partial charge in [-0.25, -0.2) is 0 Å². The van der Waals surface area contributed by atoms with Gasteiger partial charge in [-0.3, -0.25) is 0 Å². The third-order valence-electron chi connectivity index (χ3n) is 3.08. The Hall–Kier alpha value is -0.0800. The average Bonchev–Trinajstić information content (AvgIpc) is 2.89. The summed E-state index contributed by atoms with van der Waals surface area (Å²) in [6.07, 6.45) is 4.72. The van der Waals surface area contributed by atoms with Gasteiger partial charge in [-0.1, -0.05) is 13.8 Å². The molecule has 0 amide bonds. The monoisotopic (exact) mass is 184 g/mol. The van der Waals surface area contributed by atoms with Gasteiger partial charge >= 0.3 is 0 Å². The van der Waals surface area contributed by atoms with Crippen LogP contribution in [0.25, 0.3) is 0 Å². The van der Waals surface area contributed by atoms with E-state index in [-0.39, 0.29) is 0 Å². The topological polar surface area (TPSA) is 18.5 Å². The van der Waals surface area contributed by atoms with Crippen molar-refractivity contribution in [1.82, 2.24) is 0 Å². The molecule has 0 aromatic heterocycles. The fraction of sp³-hybridized carbons (Fsp3) is 1.00. The van der Waals surface area contributed by atoms with E-state index in [4.69, 9.17) is 9.47 Å². The van der Waals surface area contributed by atoms with Gasteiger partial charge in [-0.2, -0.15) is 0 Å². The molecule has 0 radical (unpaired) electrons. The maximum Gasteiger partial charge on any atom is 0.0653 e. The third-order valence-corrected chi connectivity index (χ3v) is 3.08. The Balaban J connectivity index is 1.87. The highest BCUT2D eigenvalue weighted by Gasteiger charge is 2.34. The van der Waals surface area contributed by atoms with E-state index in [2.05, 4.69) is 13.8 Å². The molecule has 2 rings (SSSR count). The molecule has 0 bridgehead atoms. The van der Waals surface area contributed by atoms with E-state index in [9.17, 15) is 0 Å². The van der Waals surface area contributed by atoms with Crippen LogP contribution >= 0.6 is 0 Å². The summed E-state index contributed by atoms with van der Waals surface area (Å²) >= 11 is 0. The molecule has 13 heavy (non-hydrogen) atoms. The Labute approximate surface area is 80.6 Å². The molecule has 2 atom stereocenters. The number of rotatable bonds is 3. The van der Waals surface area contributed by atoms with Crippen LogP contribution in [0.4, 0.5) is 0 Å². The van der Waals surface area contributed by atoms with Gasteiger partial charge < -0.3 is 9.47 Å². The molecule has 1 heterocycles. The van der Waals surface area contributed by atoms with Crippen LogP contribution in [0.3, 0.4) is 0 Å². The van der Waals surface area contributed by atoms with Gasteiger partial charge in [0.25, 0.3) is 0 Å². The van der Waals surface area contributed by atoms with E-state index < -0.39 is 0 Å². The second kappa shape index (κ2) is 3.97. The fourth-order valence-electron chi connectivity index (χ4n) is 1.98. The molecule has 2 fully saturated rings. The van der Waals surface area contributed by atoms with E-state index in [0.29, 0.717) is 24.0 Å². The van der Waals surface area contributed by atoms with Crippen molar-refractivity contribution in [1.29, 1.82) is 0 Å². The summed E-state index contributed by atoms with van der Waals surface area (Å²) in [5.41, 5.74) is 0. The Morgan fingerprint density at radius 1 is 1.23 bits per heavy atom. The maximum atomic E-state index is 6.00. The quantitative estimate of drug-likeness (QED) is 0.669. The van der Waals surface area contributed by atoms with E-state index in [1.54, 1.807) is 0 Å². The smallest absolute Gasteiger partial charge is 0.0653 e. The summed E-state index contributed by atoms with van der Waals surface area (Å²) in [6, 6.07) is 0. The highest BCUT2D eigenvalue weighted by atomic mass is 16.5. The highest BCUT2D eigenvalue weighted by molar-refractivity contribution is 4.82. The van der Waals surface area contributed by atoms with Crippen molar-refractivity contribution < 1.29 is 9.47 Å². The molecule has 2 nitrogen and oxygen atoms in total. The fourth-order valence-corrected chi connectivity index (χ4v) is 1.98. The average molecular weight is 184 g/mol. The van der Waals surface area contributed by atoms with E-state index in [0.717, 1.165) is 19.6 Å². The van der Waals surface area contributed by atoms with Crippen molar-refractivity contribution >= 4 is 0 Å². The van der Waals surface area contributed by atoms with Gasteiger partial charge in [-0.15, -0.1) is 0 Å². The first-order valence-corrected chi connectivity index (χ1v) is 5.50. The highest BCUT2D eigenvalue weighted by Crippen LogP contribution is 2.32. The molecular weight excluding hydrogens is 164 g/mol. The van der Waals surface area contributed by atoms with Crippen LogP contribution in [0, 0.1) is 11.8 Å². The zero-order valence-corrected chi connectivity index (χ0v) is 8.66. The molecule has 1 aliphatic heterocycles. The predicted octanol–water partition coefficient (Wildman–Crippen LogP) is 2.23. The minimum Gasteiger partial charge on any atom is -0.381 e. The molecular formula is C11H20O2. The number of hydrogen-bond donors (Lipinski definition) is 0.